The number of ether oxygens (including phenoxy) is 3. The Balaban J connectivity index is 2.21. The van der Waals surface area contributed by atoms with Gasteiger partial charge in [0.25, 0.3) is 0 Å². The van der Waals surface area contributed by atoms with Crippen LogP contribution in [0.15, 0.2) is 17.1 Å². The van der Waals surface area contributed by atoms with E-state index in [-0.39, 0.29) is 0 Å². The number of esters is 2. The summed E-state index contributed by atoms with van der Waals surface area (Å²) < 4.78 is 60.2. The number of alkyl halides is 2. The predicted molar refractivity (Wildman–Crippen MR) is 134 cm³/mol. The van der Waals surface area contributed by atoms with E-state index in [1.54, 1.807) is 48.5 Å². The van der Waals surface area contributed by atoms with Gasteiger partial charge in [-0.15, -0.1) is 11.6 Å². The number of nitrogens with zero attached hydrogens (tertiary/aromatic N) is 2. The molecule has 0 amide bonds. The van der Waals surface area contributed by atoms with Crippen LogP contribution in [0, 0.1) is 17.8 Å². The number of aryl methyl sites for hydroxylation is 1. The lowest BCUT2D eigenvalue weighted by atomic mass is 9.98. The summed E-state index contributed by atoms with van der Waals surface area (Å²) in [7, 11) is -4.71. The highest BCUT2D eigenvalue weighted by Gasteiger charge is 2.57. The fraction of sp³-hybridized carbons (Fsp3) is 0.739. The highest BCUT2D eigenvalue weighted by atomic mass is 35.5. The summed E-state index contributed by atoms with van der Waals surface area (Å²) in [6, 6.07) is 1.44. The van der Waals surface area contributed by atoms with E-state index in [1.165, 1.54) is 12.3 Å². The molecule has 39 heavy (non-hydrogen) atoms. The number of halogens is 2. The summed E-state index contributed by atoms with van der Waals surface area (Å²) in [6.07, 6.45) is -4.50. The topological polar surface area (TPSA) is 162 Å². The summed E-state index contributed by atoms with van der Waals surface area (Å²) >= 11 is 6.02. The fourth-order valence-corrected chi connectivity index (χ4v) is 4.28. The maximum absolute atomic E-state index is 15.1. The molecule has 13 nitrogen and oxygen atoms in total. The number of phosphoric acid groups is 1. The number of aromatic nitrogens is 2. The van der Waals surface area contributed by atoms with E-state index in [0.717, 1.165) is 4.57 Å². The van der Waals surface area contributed by atoms with Gasteiger partial charge in [0.05, 0.1) is 23.3 Å². The Kier molecular flexibility index (Phi) is 10.8. The van der Waals surface area contributed by atoms with Gasteiger partial charge in [0.1, 0.15) is 11.7 Å². The lowest BCUT2D eigenvalue weighted by molar-refractivity contribution is -0.164. The van der Waals surface area contributed by atoms with Crippen LogP contribution in [-0.4, -0.2) is 70.5 Å². The smallest absolute Gasteiger partial charge is 0.437 e. The van der Waals surface area contributed by atoms with Crippen LogP contribution in [0.1, 0.15) is 53.5 Å². The monoisotopic (exact) mass is 600 g/mol. The molecule has 1 aliphatic heterocycles. The molecule has 2 rings (SSSR count). The normalized spacial score (nSPS) is 24.0. The summed E-state index contributed by atoms with van der Waals surface area (Å²) in [5.74, 6) is -1.96. The molecule has 1 aromatic rings. The van der Waals surface area contributed by atoms with Crippen LogP contribution in [0.2, 0.25) is 0 Å². The van der Waals surface area contributed by atoms with Gasteiger partial charge in [-0.1, -0.05) is 0 Å². The van der Waals surface area contributed by atoms with Gasteiger partial charge in [0.15, 0.2) is 12.4 Å². The second kappa shape index (κ2) is 12.7. The van der Waals surface area contributed by atoms with Crippen LogP contribution in [0.5, 0.6) is 0 Å². The maximum Gasteiger partial charge on any atom is 0.480 e. The first kappa shape index (κ1) is 33.3. The Morgan fingerprint density at radius 1 is 1.13 bits per heavy atom. The van der Waals surface area contributed by atoms with Crippen molar-refractivity contribution >= 4 is 31.4 Å². The Bertz CT molecular complexity index is 1100. The Morgan fingerprint density at radius 3 is 2.08 bits per heavy atom. The molecule has 2 heterocycles. The molecule has 0 bridgehead atoms. The SMILES string of the molecule is Cc1ccn(C2O[C@](CCl)(COP(=O)(OCOC(=O)C(C)(C)C)OCOC(=O)C(C)(C)C)[C@@H](O)[C@H]2F)c(=O)n1. The zero-order chi connectivity index (χ0) is 29.8. The molecule has 1 saturated heterocycles. The van der Waals surface area contributed by atoms with Crippen LogP contribution >= 0.6 is 19.4 Å². The van der Waals surface area contributed by atoms with Crippen molar-refractivity contribution in [2.45, 2.75) is 72.6 Å². The average Bonchev–Trinajstić information content (AvgIpc) is 3.07. The number of hydrogen-bond donors (Lipinski definition) is 1. The second-order valence-corrected chi connectivity index (χ2v) is 12.9. The number of carbonyl (C=O) groups excluding carboxylic acids is 2. The van der Waals surface area contributed by atoms with Crippen molar-refractivity contribution in [3.63, 3.8) is 0 Å². The number of aliphatic hydroxyl groups excluding tert-OH is 1. The Labute approximate surface area is 230 Å². The number of carbonyl (C=O) groups is 2. The Morgan fingerprint density at radius 2 is 1.64 bits per heavy atom. The van der Waals surface area contributed by atoms with Gasteiger partial charge in [0, 0.05) is 11.9 Å². The standard InChI is InChI=1S/C23H35ClFN2O11P/c1-14-8-9-27(20(31)26-14)17-15(25)16(28)23(10-24,38-17)11-35-39(32,36-12-33-18(29)21(2,3)4)37-13-34-19(30)22(5,6)7/h8-9,15-17,28H,10-13H2,1-7H3/t15-,16+,17?,23-/m1/s1. The molecule has 222 valence electrons. The molecule has 0 radical (unpaired) electrons. The van der Waals surface area contributed by atoms with Crippen LogP contribution < -0.4 is 5.69 Å². The number of hydrogen-bond acceptors (Lipinski definition) is 12. The minimum Gasteiger partial charge on any atom is -0.437 e. The highest BCUT2D eigenvalue weighted by molar-refractivity contribution is 7.48. The molecule has 0 aliphatic carbocycles. The zero-order valence-electron chi connectivity index (χ0n) is 22.8. The van der Waals surface area contributed by atoms with Gasteiger partial charge in [-0.05, 0) is 54.5 Å². The molecule has 1 aromatic heterocycles. The minimum atomic E-state index is -4.71. The third-order valence-electron chi connectivity index (χ3n) is 5.43. The van der Waals surface area contributed by atoms with Crippen molar-refractivity contribution in [1.82, 2.24) is 9.55 Å². The van der Waals surface area contributed by atoms with Gasteiger partial charge in [-0.3, -0.25) is 18.7 Å². The lowest BCUT2D eigenvalue weighted by Crippen LogP contribution is -2.47. The van der Waals surface area contributed by atoms with Gasteiger partial charge in [0.2, 0.25) is 13.6 Å². The van der Waals surface area contributed by atoms with Crippen molar-refractivity contribution in [3.8, 4) is 0 Å². The summed E-state index contributed by atoms with van der Waals surface area (Å²) in [4.78, 5) is 40.1. The van der Waals surface area contributed by atoms with E-state index in [9.17, 15) is 24.1 Å². The average molecular weight is 601 g/mol. The van der Waals surface area contributed by atoms with Crippen LogP contribution in [-0.2, 0) is 41.9 Å². The first-order chi connectivity index (χ1) is 17.8. The van der Waals surface area contributed by atoms with E-state index < -0.39 is 86.5 Å². The van der Waals surface area contributed by atoms with Gasteiger partial charge >= 0.3 is 25.5 Å². The van der Waals surface area contributed by atoms with E-state index in [1.807, 2.05) is 0 Å². The molecule has 0 saturated carbocycles. The minimum absolute atomic E-state index is 0.381. The quantitative estimate of drug-likeness (QED) is 0.171. The molecule has 1 aliphatic rings. The number of rotatable bonds is 11. The molecular weight excluding hydrogens is 566 g/mol. The molecule has 0 aromatic carbocycles. The molecular formula is C23H35ClFN2O11P. The Hall–Kier alpha value is -1.93. The number of aliphatic hydroxyl groups is 1. The van der Waals surface area contributed by atoms with Gasteiger partial charge < -0.3 is 19.3 Å². The highest BCUT2D eigenvalue weighted by Crippen LogP contribution is 2.52. The van der Waals surface area contributed by atoms with Crippen molar-refractivity contribution in [2.24, 2.45) is 10.8 Å². The molecule has 1 N–H and O–H groups in total. The zero-order valence-corrected chi connectivity index (χ0v) is 24.5. The summed E-state index contributed by atoms with van der Waals surface area (Å²) in [5.41, 5.74) is -4.29. The lowest BCUT2D eigenvalue weighted by Gasteiger charge is -2.30. The summed E-state index contributed by atoms with van der Waals surface area (Å²) in [5, 5.41) is 10.6. The van der Waals surface area contributed by atoms with E-state index in [4.69, 9.17) is 39.4 Å². The van der Waals surface area contributed by atoms with Crippen LogP contribution in [0.4, 0.5) is 4.39 Å². The van der Waals surface area contributed by atoms with Crippen molar-refractivity contribution in [1.29, 1.82) is 0 Å². The fourth-order valence-electron chi connectivity index (χ4n) is 3.01. The first-order valence-electron chi connectivity index (χ1n) is 11.8. The molecule has 1 unspecified atom stereocenters. The third kappa shape index (κ3) is 8.53. The van der Waals surface area contributed by atoms with Crippen LogP contribution in [0.3, 0.4) is 0 Å². The van der Waals surface area contributed by atoms with Crippen molar-refractivity contribution < 1.29 is 51.4 Å². The van der Waals surface area contributed by atoms with E-state index in [2.05, 4.69) is 4.98 Å². The predicted octanol–water partition coefficient (Wildman–Crippen LogP) is 3.01. The molecule has 4 atom stereocenters. The third-order valence-corrected chi connectivity index (χ3v) is 7.17. The van der Waals surface area contributed by atoms with Gasteiger partial charge in [-0.2, -0.15) is 4.98 Å². The van der Waals surface area contributed by atoms with Crippen molar-refractivity contribution in [2.75, 3.05) is 26.1 Å². The van der Waals surface area contributed by atoms with Crippen LogP contribution in [0.25, 0.3) is 0 Å². The molecule has 16 heteroatoms. The molecule has 0 spiro atoms. The number of phosphoric ester groups is 1. The van der Waals surface area contributed by atoms with Gasteiger partial charge in [-0.25, -0.2) is 22.8 Å². The first-order valence-corrected chi connectivity index (χ1v) is 13.8. The largest absolute Gasteiger partial charge is 0.480 e. The van der Waals surface area contributed by atoms with E-state index >= 15 is 4.39 Å². The van der Waals surface area contributed by atoms with Crippen molar-refractivity contribution in [3.05, 3.63) is 28.4 Å². The summed E-state index contributed by atoms with van der Waals surface area (Å²) in [6.45, 7) is 8.42. The maximum atomic E-state index is 15.1. The molecule has 1 fully saturated rings. The second-order valence-electron chi connectivity index (χ2n) is 10.9. The van der Waals surface area contributed by atoms with E-state index in [0.29, 0.717) is 5.69 Å².